The number of ether oxygens (including phenoxy) is 1. The van der Waals surface area contributed by atoms with Crippen molar-refractivity contribution in [2.24, 2.45) is 0 Å². The first-order valence-electron chi connectivity index (χ1n) is 24.2. The Morgan fingerprint density at radius 1 is 0.517 bits per heavy atom. The van der Waals surface area contributed by atoms with Gasteiger partial charge in [-0.05, 0) is 64.2 Å². The zero-order chi connectivity index (χ0) is 42.4. The van der Waals surface area contributed by atoms with Crippen LogP contribution in [0.25, 0.3) is 0 Å². The van der Waals surface area contributed by atoms with E-state index < -0.39 is 18.2 Å². The van der Waals surface area contributed by atoms with Gasteiger partial charge in [0.25, 0.3) is 0 Å². The van der Waals surface area contributed by atoms with Gasteiger partial charge in [0.1, 0.15) is 6.10 Å². The van der Waals surface area contributed by atoms with Gasteiger partial charge in [0.2, 0.25) is 5.91 Å². The summed E-state index contributed by atoms with van der Waals surface area (Å²) < 4.78 is 5.87. The summed E-state index contributed by atoms with van der Waals surface area (Å²) in [6.45, 7) is 6.29. The number of nitrogens with one attached hydrogen (secondary N) is 1. The number of aliphatic hydroxyl groups is 2. The minimum atomic E-state index is -0.808. The van der Waals surface area contributed by atoms with Crippen molar-refractivity contribution < 1.29 is 24.5 Å². The topological polar surface area (TPSA) is 95.9 Å². The van der Waals surface area contributed by atoms with Crippen LogP contribution in [0.5, 0.6) is 0 Å². The number of aliphatic hydroxyl groups excluding tert-OH is 2. The van der Waals surface area contributed by atoms with E-state index >= 15 is 0 Å². The maximum atomic E-state index is 13.1. The van der Waals surface area contributed by atoms with E-state index in [1.165, 1.54) is 109 Å². The van der Waals surface area contributed by atoms with Crippen LogP contribution in [0, 0.1) is 0 Å². The molecule has 0 spiro atoms. The minimum Gasteiger partial charge on any atom is -0.462 e. The summed E-state index contributed by atoms with van der Waals surface area (Å²) in [5, 5.41) is 23.6. The molecule has 0 aromatic rings. The molecule has 3 atom stereocenters. The van der Waals surface area contributed by atoms with Crippen LogP contribution >= 0.6 is 0 Å². The van der Waals surface area contributed by atoms with Crippen molar-refractivity contribution >= 4 is 11.9 Å². The van der Waals surface area contributed by atoms with Gasteiger partial charge >= 0.3 is 5.97 Å². The van der Waals surface area contributed by atoms with Gasteiger partial charge in [-0.15, -0.1) is 0 Å². The first-order valence-corrected chi connectivity index (χ1v) is 24.2. The molecule has 6 nitrogen and oxygen atoms in total. The molecule has 0 radical (unpaired) electrons. The Bertz CT molecular complexity index is 1090. The molecule has 0 aliphatic heterocycles. The van der Waals surface area contributed by atoms with Gasteiger partial charge in [-0.25, -0.2) is 0 Å². The monoisotopic (exact) mass is 810 g/mol. The average molecular weight is 810 g/mol. The molecule has 334 valence electrons. The van der Waals surface area contributed by atoms with E-state index in [-0.39, 0.29) is 24.9 Å². The summed E-state index contributed by atoms with van der Waals surface area (Å²) in [6.07, 6.45) is 56.8. The zero-order valence-corrected chi connectivity index (χ0v) is 37.9. The molecule has 0 rings (SSSR count). The fraction of sp³-hybridized carbons (Fsp3) is 0.731. The Morgan fingerprint density at radius 2 is 0.966 bits per heavy atom. The fourth-order valence-electron chi connectivity index (χ4n) is 6.98. The Morgan fingerprint density at radius 3 is 1.48 bits per heavy atom. The lowest BCUT2D eigenvalue weighted by molar-refractivity contribution is -0.151. The van der Waals surface area contributed by atoms with E-state index in [1.54, 1.807) is 0 Å². The second kappa shape index (κ2) is 45.4. The molecule has 0 heterocycles. The van der Waals surface area contributed by atoms with Crippen LogP contribution in [-0.2, 0) is 14.3 Å². The largest absolute Gasteiger partial charge is 0.462 e. The third-order valence-corrected chi connectivity index (χ3v) is 10.6. The number of amides is 1. The van der Waals surface area contributed by atoms with Crippen LogP contribution < -0.4 is 5.32 Å². The number of esters is 1. The molecule has 0 aliphatic carbocycles. The number of hydrogen-bond acceptors (Lipinski definition) is 5. The molecule has 0 bridgehead atoms. The molecule has 6 heteroatoms. The third kappa shape index (κ3) is 40.1. The van der Waals surface area contributed by atoms with Crippen LogP contribution in [0.2, 0.25) is 0 Å². The molecule has 3 N–H and O–H groups in total. The number of allylic oxidation sites excluding steroid dienone is 12. The smallest absolute Gasteiger partial charge is 0.306 e. The zero-order valence-electron chi connectivity index (χ0n) is 37.9. The number of hydrogen-bond donors (Lipinski definition) is 3. The van der Waals surface area contributed by atoms with Crippen LogP contribution in [0.3, 0.4) is 0 Å². The normalized spacial score (nSPS) is 13.9. The maximum absolute atomic E-state index is 13.1. The van der Waals surface area contributed by atoms with Gasteiger partial charge in [-0.3, -0.25) is 9.59 Å². The Balaban J connectivity index is 4.70. The molecule has 0 saturated carbocycles. The molecular formula is C52H91NO5. The van der Waals surface area contributed by atoms with Gasteiger partial charge in [0.05, 0.1) is 25.2 Å². The highest BCUT2D eigenvalue weighted by atomic mass is 16.5. The van der Waals surface area contributed by atoms with E-state index in [4.69, 9.17) is 4.74 Å². The van der Waals surface area contributed by atoms with Crippen LogP contribution in [0.1, 0.15) is 220 Å². The van der Waals surface area contributed by atoms with Gasteiger partial charge in [0.15, 0.2) is 0 Å². The van der Waals surface area contributed by atoms with Crippen LogP contribution in [0.4, 0.5) is 0 Å². The first kappa shape index (κ1) is 55.3. The highest BCUT2D eigenvalue weighted by Gasteiger charge is 2.24. The second-order valence-electron chi connectivity index (χ2n) is 16.2. The number of carbonyl (C=O) groups is 2. The number of rotatable bonds is 42. The van der Waals surface area contributed by atoms with Crippen molar-refractivity contribution in [1.82, 2.24) is 5.32 Å². The van der Waals surface area contributed by atoms with Crippen molar-refractivity contribution in [3.8, 4) is 0 Å². The van der Waals surface area contributed by atoms with E-state index in [9.17, 15) is 19.8 Å². The maximum Gasteiger partial charge on any atom is 0.306 e. The summed E-state index contributed by atoms with van der Waals surface area (Å²) in [7, 11) is 0. The summed E-state index contributed by atoms with van der Waals surface area (Å²) in [5.74, 6) is -0.560. The molecule has 1 amide bonds. The minimum absolute atomic E-state index is 0.0229. The molecule has 3 unspecified atom stereocenters. The van der Waals surface area contributed by atoms with Crippen molar-refractivity contribution in [3.63, 3.8) is 0 Å². The van der Waals surface area contributed by atoms with Crippen molar-refractivity contribution in [2.75, 3.05) is 6.61 Å². The van der Waals surface area contributed by atoms with Crippen molar-refractivity contribution in [2.45, 2.75) is 238 Å². The van der Waals surface area contributed by atoms with E-state index in [0.29, 0.717) is 19.3 Å². The van der Waals surface area contributed by atoms with Gasteiger partial charge in [0, 0.05) is 6.42 Å². The molecule has 0 aromatic carbocycles. The third-order valence-electron chi connectivity index (χ3n) is 10.6. The SMILES string of the molecule is CC/C=C/C=C/C=C\C=C/C=C/CCCC(CC(=O)NC(CO)C(O)CCCCCCCCCCCC)OC(=O)CCCCCCC/C=C/CCCCCCCCC. The average Bonchev–Trinajstić information content (AvgIpc) is 3.22. The quantitative estimate of drug-likeness (QED) is 0.0247. The summed E-state index contributed by atoms with van der Waals surface area (Å²) in [5.41, 5.74) is 0. The van der Waals surface area contributed by atoms with Gasteiger partial charge in [-0.1, -0.05) is 216 Å². The lowest BCUT2D eigenvalue weighted by atomic mass is 10.0. The highest BCUT2D eigenvalue weighted by Crippen LogP contribution is 2.16. The number of carbonyl (C=O) groups excluding carboxylic acids is 2. The highest BCUT2D eigenvalue weighted by molar-refractivity contribution is 5.77. The van der Waals surface area contributed by atoms with Gasteiger partial charge in [-0.2, -0.15) is 0 Å². The summed E-state index contributed by atoms with van der Waals surface area (Å²) >= 11 is 0. The Labute approximate surface area is 358 Å². The molecule has 0 aromatic heterocycles. The molecule has 0 saturated heterocycles. The lowest BCUT2D eigenvalue weighted by Crippen LogP contribution is -2.46. The standard InChI is InChI=1S/C52H91NO5/c1-4-7-10-13-16-19-22-24-25-26-28-30-33-36-39-42-45-52(57)58-48(43-40-37-34-31-29-27-23-20-17-14-11-8-5-2)46-51(56)53-49(47-54)50(55)44-41-38-35-32-21-18-15-12-9-6-3/h8,11,14,17,20,23,25-27,29,31,34,48-50,54-55H,4-7,9-10,12-13,15-16,18-19,21-22,24,28,30,32-33,35-47H2,1-3H3,(H,53,56)/b11-8+,17-14+,23-20-,26-25+,29-27-,34-31+. The molecular weight excluding hydrogens is 719 g/mol. The van der Waals surface area contributed by atoms with Crippen LogP contribution in [0.15, 0.2) is 72.9 Å². The molecule has 0 aliphatic rings. The van der Waals surface area contributed by atoms with Crippen molar-refractivity contribution in [3.05, 3.63) is 72.9 Å². The first-order chi connectivity index (χ1) is 28.5. The predicted octanol–water partition coefficient (Wildman–Crippen LogP) is 14.2. The number of unbranched alkanes of at least 4 members (excludes halogenated alkanes) is 22. The van der Waals surface area contributed by atoms with Gasteiger partial charge < -0.3 is 20.3 Å². The Kier molecular flexibility index (Phi) is 43.3. The second-order valence-corrected chi connectivity index (χ2v) is 16.2. The van der Waals surface area contributed by atoms with Crippen molar-refractivity contribution in [1.29, 1.82) is 0 Å². The fourth-order valence-corrected chi connectivity index (χ4v) is 6.98. The van der Waals surface area contributed by atoms with E-state index in [1.807, 2.05) is 48.6 Å². The van der Waals surface area contributed by atoms with Crippen LogP contribution in [-0.4, -0.2) is 46.9 Å². The summed E-state index contributed by atoms with van der Waals surface area (Å²) in [6, 6.07) is -0.727. The molecule has 58 heavy (non-hydrogen) atoms. The molecule has 0 fully saturated rings. The van der Waals surface area contributed by atoms with E-state index in [2.05, 4.69) is 50.4 Å². The lowest BCUT2D eigenvalue weighted by Gasteiger charge is -2.24. The predicted molar refractivity (Wildman–Crippen MR) is 250 cm³/mol. The summed E-state index contributed by atoms with van der Waals surface area (Å²) in [4.78, 5) is 26.0. The van der Waals surface area contributed by atoms with E-state index in [0.717, 1.165) is 64.2 Å². The Hall–Kier alpha value is -2.70.